The van der Waals surface area contributed by atoms with E-state index in [9.17, 15) is 4.79 Å². The molecule has 2 rings (SSSR count). The second kappa shape index (κ2) is 5.80. The van der Waals surface area contributed by atoms with Crippen LogP contribution in [0.1, 0.15) is 18.6 Å². The minimum Gasteiger partial charge on any atom is -0.464 e. The van der Waals surface area contributed by atoms with Gasteiger partial charge in [0.1, 0.15) is 6.10 Å². The molecule has 1 aliphatic rings. The average Bonchev–Trinajstić information content (AvgIpc) is 2.40. The van der Waals surface area contributed by atoms with Gasteiger partial charge in [0, 0.05) is 0 Å². The zero-order valence-electron chi connectivity index (χ0n) is 9.80. The Balaban J connectivity index is 2.15. The highest BCUT2D eigenvalue weighted by Gasteiger charge is 2.35. The number of rotatable bonds is 3. The summed E-state index contributed by atoms with van der Waals surface area (Å²) < 4.78 is 16.1. The van der Waals surface area contributed by atoms with E-state index in [1.165, 1.54) is 0 Å². The van der Waals surface area contributed by atoms with Crippen LogP contribution >= 0.6 is 0 Å². The largest absolute Gasteiger partial charge is 0.464 e. The molecule has 17 heavy (non-hydrogen) atoms. The Kier molecular flexibility index (Phi) is 4.12. The van der Waals surface area contributed by atoms with Gasteiger partial charge in [-0.25, -0.2) is 4.79 Å². The summed E-state index contributed by atoms with van der Waals surface area (Å²) in [6.45, 7) is 3.04. The molecule has 0 radical (unpaired) electrons. The summed E-state index contributed by atoms with van der Waals surface area (Å²) in [6.07, 6.45) is -1.03. The summed E-state index contributed by atoms with van der Waals surface area (Å²) in [7, 11) is 0. The first-order valence-corrected chi connectivity index (χ1v) is 5.77. The number of hydrogen-bond acceptors (Lipinski definition) is 4. The van der Waals surface area contributed by atoms with Gasteiger partial charge < -0.3 is 14.2 Å². The fourth-order valence-corrected chi connectivity index (χ4v) is 1.85. The molecule has 0 aromatic heterocycles. The summed E-state index contributed by atoms with van der Waals surface area (Å²) in [5, 5.41) is 0. The van der Waals surface area contributed by atoms with Crippen LogP contribution < -0.4 is 0 Å². The van der Waals surface area contributed by atoms with Crippen LogP contribution in [0.15, 0.2) is 30.3 Å². The Morgan fingerprint density at radius 2 is 2.00 bits per heavy atom. The lowest BCUT2D eigenvalue weighted by atomic mass is 10.0. The first-order valence-electron chi connectivity index (χ1n) is 5.77. The summed E-state index contributed by atoms with van der Waals surface area (Å²) in [5.41, 5.74) is 0.935. The first-order chi connectivity index (χ1) is 8.33. The topological polar surface area (TPSA) is 44.8 Å². The van der Waals surface area contributed by atoms with Crippen molar-refractivity contribution in [3.8, 4) is 0 Å². The van der Waals surface area contributed by atoms with Crippen LogP contribution in [0.4, 0.5) is 0 Å². The smallest absolute Gasteiger partial charge is 0.338 e. The molecule has 1 saturated heterocycles. The first kappa shape index (κ1) is 12.1. The van der Waals surface area contributed by atoms with Crippen LogP contribution in [0.25, 0.3) is 0 Å². The lowest BCUT2D eigenvalue weighted by Crippen LogP contribution is -2.39. The maximum atomic E-state index is 11.8. The van der Waals surface area contributed by atoms with Crippen LogP contribution in [-0.4, -0.2) is 31.9 Å². The molecule has 1 aromatic carbocycles. The van der Waals surface area contributed by atoms with Crippen molar-refractivity contribution in [2.45, 2.75) is 19.1 Å². The normalized spacial score (nSPS) is 24.3. The van der Waals surface area contributed by atoms with E-state index < -0.39 is 6.10 Å². The van der Waals surface area contributed by atoms with Crippen LogP contribution in [0.2, 0.25) is 0 Å². The quantitative estimate of drug-likeness (QED) is 0.749. The van der Waals surface area contributed by atoms with Crippen molar-refractivity contribution in [3.63, 3.8) is 0 Å². The van der Waals surface area contributed by atoms with E-state index in [2.05, 4.69) is 0 Å². The van der Waals surface area contributed by atoms with Crippen LogP contribution in [-0.2, 0) is 19.0 Å². The maximum Gasteiger partial charge on any atom is 0.338 e. The van der Waals surface area contributed by atoms with E-state index in [-0.39, 0.29) is 12.1 Å². The third kappa shape index (κ3) is 2.84. The molecule has 0 spiro atoms. The van der Waals surface area contributed by atoms with Gasteiger partial charge in [-0.15, -0.1) is 0 Å². The van der Waals surface area contributed by atoms with Gasteiger partial charge in [0.05, 0.1) is 19.8 Å². The molecule has 0 saturated carbocycles. The van der Waals surface area contributed by atoms with Crippen LogP contribution in [0.3, 0.4) is 0 Å². The summed E-state index contributed by atoms with van der Waals surface area (Å²) in [5.74, 6) is -0.360. The molecule has 2 atom stereocenters. The molecule has 1 aromatic rings. The molecule has 1 aliphatic heterocycles. The van der Waals surface area contributed by atoms with Gasteiger partial charge >= 0.3 is 5.97 Å². The molecule has 92 valence electrons. The molecule has 4 nitrogen and oxygen atoms in total. The average molecular weight is 236 g/mol. The summed E-state index contributed by atoms with van der Waals surface area (Å²) >= 11 is 0. The van der Waals surface area contributed by atoms with Crippen molar-refractivity contribution in [1.29, 1.82) is 0 Å². The van der Waals surface area contributed by atoms with E-state index in [1.54, 1.807) is 6.92 Å². The zero-order valence-corrected chi connectivity index (χ0v) is 9.80. The minimum atomic E-state index is -0.661. The van der Waals surface area contributed by atoms with E-state index in [4.69, 9.17) is 14.2 Å². The van der Waals surface area contributed by atoms with Crippen molar-refractivity contribution < 1.29 is 19.0 Å². The fraction of sp³-hybridized carbons (Fsp3) is 0.462. The molecule has 0 amide bonds. The van der Waals surface area contributed by atoms with E-state index in [0.29, 0.717) is 19.8 Å². The Morgan fingerprint density at radius 3 is 2.71 bits per heavy atom. The molecule has 0 N–H and O–H groups in total. The standard InChI is InChI=1S/C13H16O4/c1-2-15-13(14)12-11(16-8-9-17-12)10-6-4-3-5-7-10/h3-7,11-12H,2,8-9H2,1H3. The van der Waals surface area contributed by atoms with Crippen LogP contribution in [0.5, 0.6) is 0 Å². The number of hydrogen-bond donors (Lipinski definition) is 0. The molecular formula is C13H16O4. The second-order valence-corrected chi connectivity index (χ2v) is 3.75. The summed E-state index contributed by atoms with van der Waals surface area (Å²) in [4.78, 5) is 11.8. The third-order valence-electron chi connectivity index (χ3n) is 2.60. The van der Waals surface area contributed by atoms with Gasteiger partial charge in [-0.2, -0.15) is 0 Å². The van der Waals surface area contributed by atoms with E-state index >= 15 is 0 Å². The predicted octanol–water partition coefficient (Wildman–Crippen LogP) is 1.71. The van der Waals surface area contributed by atoms with E-state index in [0.717, 1.165) is 5.56 Å². The number of benzene rings is 1. The van der Waals surface area contributed by atoms with E-state index in [1.807, 2.05) is 30.3 Å². The lowest BCUT2D eigenvalue weighted by Gasteiger charge is -2.30. The van der Waals surface area contributed by atoms with Gasteiger partial charge in [-0.1, -0.05) is 30.3 Å². The molecule has 2 unspecified atom stereocenters. The number of carbonyl (C=O) groups is 1. The highest BCUT2D eigenvalue weighted by atomic mass is 16.6. The van der Waals surface area contributed by atoms with Crippen molar-refractivity contribution in [3.05, 3.63) is 35.9 Å². The number of ether oxygens (including phenoxy) is 3. The Hall–Kier alpha value is -1.39. The zero-order chi connectivity index (χ0) is 12.1. The fourth-order valence-electron chi connectivity index (χ4n) is 1.85. The van der Waals surface area contributed by atoms with Crippen molar-refractivity contribution in [1.82, 2.24) is 0 Å². The van der Waals surface area contributed by atoms with Gasteiger partial charge in [-0.3, -0.25) is 0 Å². The lowest BCUT2D eigenvalue weighted by molar-refractivity contribution is -0.186. The SMILES string of the molecule is CCOC(=O)C1OCCOC1c1ccccc1. The molecule has 0 bridgehead atoms. The van der Waals surface area contributed by atoms with Gasteiger partial charge in [0.15, 0.2) is 6.10 Å². The summed E-state index contributed by atoms with van der Waals surface area (Å²) in [6, 6.07) is 9.59. The Labute approximate surface area is 100 Å². The van der Waals surface area contributed by atoms with Gasteiger partial charge in [0.25, 0.3) is 0 Å². The van der Waals surface area contributed by atoms with Crippen molar-refractivity contribution in [2.24, 2.45) is 0 Å². The second-order valence-electron chi connectivity index (χ2n) is 3.75. The van der Waals surface area contributed by atoms with Crippen molar-refractivity contribution >= 4 is 5.97 Å². The Bertz CT molecular complexity index is 363. The number of esters is 1. The predicted molar refractivity (Wildman–Crippen MR) is 61.5 cm³/mol. The van der Waals surface area contributed by atoms with Gasteiger partial charge in [0.2, 0.25) is 0 Å². The Morgan fingerprint density at radius 1 is 1.29 bits per heavy atom. The number of carbonyl (C=O) groups excluding carboxylic acids is 1. The molecule has 4 heteroatoms. The monoisotopic (exact) mass is 236 g/mol. The highest BCUT2D eigenvalue weighted by molar-refractivity contribution is 5.75. The highest BCUT2D eigenvalue weighted by Crippen LogP contribution is 2.27. The molecule has 1 fully saturated rings. The minimum absolute atomic E-state index is 0.347. The van der Waals surface area contributed by atoms with Gasteiger partial charge in [-0.05, 0) is 12.5 Å². The molecular weight excluding hydrogens is 220 g/mol. The maximum absolute atomic E-state index is 11.8. The third-order valence-corrected chi connectivity index (χ3v) is 2.60. The van der Waals surface area contributed by atoms with Crippen molar-refractivity contribution in [2.75, 3.05) is 19.8 Å². The molecule has 1 heterocycles. The van der Waals surface area contributed by atoms with Crippen LogP contribution in [0, 0.1) is 0 Å². The molecule has 0 aliphatic carbocycles.